The van der Waals surface area contributed by atoms with Gasteiger partial charge in [-0.1, -0.05) is 0 Å². The number of halogens is 1. The fraction of sp³-hybridized carbons (Fsp3) is 0.450. The highest BCUT2D eigenvalue weighted by Gasteiger charge is 2.25. The summed E-state index contributed by atoms with van der Waals surface area (Å²) in [4.78, 5) is 14.7. The molecule has 1 atom stereocenters. The van der Waals surface area contributed by atoms with E-state index in [-0.39, 0.29) is 30.1 Å². The summed E-state index contributed by atoms with van der Waals surface area (Å²) in [6.45, 7) is 5.94. The topological polar surface area (TPSA) is 83.4 Å². The van der Waals surface area contributed by atoms with Gasteiger partial charge in [0.2, 0.25) is 0 Å². The number of rotatable bonds is 5. The van der Waals surface area contributed by atoms with Crippen LogP contribution in [0, 0.1) is 0 Å². The molecule has 3 aromatic rings. The van der Waals surface area contributed by atoms with Gasteiger partial charge >= 0.3 is 0 Å². The molecule has 2 N–H and O–H groups in total. The maximum Gasteiger partial charge on any atom is 0.194 e. The molecule has 1 fully saturated rings. The Morgan fingerprint density at radius 1 is 1.45 bits per heavy atom. The van der Waals surface area contributed by atoms with Gasteiger partial charge in [0.05, 0.1) is 19.3 Å². The van der Waals surface area contributed by atoms with Gasteiger partial charge in [-0.25, -0.2) is 4.98 Å². The zero-order valence-corrected chi connectivity index (χ0v) is 19.2. The van der Waals surface area contributed by atoms with Crippen LogP contribution in [0.15, 0.2) is 41.9 Å². The largest absolute Gasteiger partial charge is 0.370 e. The number of morpholine rings is 1. The van der Waals surface area contributed by atoms with Crippen LogP contribution in [0.3, 0.4) is 0 Å². The Hall–Kier alpha value is -2.14. The summed E-state index contributed by atoms with van der Waals surface area (Å²) >= 11 is 0. The highest BCUT2D eigenvalue weighted by atomic mass is 127. The number of nitrogens with one attached hydrogen (secondary N) is 2. The summed E-state index contributed by atoms with van der Waals surface area (Å²) in [5, 5.41) is 8.86. The molecule has 0 spiro atoms. The number of nitrogens with zero attached hydrogens (tertiary/aromatic N) is 5. The van der Waals surface area contributed by atoms with Crippen LogP contribution in [-0.4, -0.2) is 63.4 Å². The van der Waals surface area contributed by atoms with Crippen LogP contribution in [-0.2, 0) is 18.2 Å². The molecule has 0 aliphatic carbocycles. The van der Waals surface area contributed by atoms with Crippen LogP contribution in [0.25, 0.3) is 11.0 Å². The van der Waals surface area contributed by atoms with Crippen molar-refractivity contribution in [1.29, 1.82) is 0 Å². The third-order valence-electron chi connectivity index (χ3n) is 4.98. The number of ether oxygens (including phenoxy) is 1. The molecule has 1 aliphatic heterocycles. The SMILES string of the molecule is CCNC(=NCCc1c[nH]c2ncccc12)N1CCOC(c2cnn(C)c2)C1.I. The van der Waals surface area contributed by atoms with Crippen molar-refractivity contribution in [3.8, 4) is 0 Å². The normalized spacial score (nSPS) is 17.4. The zero-order valence-electron chi connectivity index (χ0n) is 16.8. The molecule has 1 saturated heterocycles. The highest BCUT2D eigenvalue weighted by molar-refractivity contribution is 14.0. The van der Waals surface area contributed by atoms with E-state index in [1.54, 1.807) is 6.20 Å². The Morgan fingerprint density at radius 3 is 3.14 bits per heavy atom. The first-order valence-electron chi connectivity index (χ1n) is 9.79. The zero-order chi connectivity index (χ0) is 19.3. The number of aromatic nitrogens is 4. The molecular weight excluding hydrogens is 481 g/mol. The molecule has 0 saturated carbocycles. The third kappa shape index (κ3) is 5.08. The van der Waals surface area contributed by atoms with Gasteiger partial charge < -0.3 is 19.9 Å². The number of hydrogen-bond acceptors (Lipinski definition) is 4. The fourth-order valence-corrected chi connectivity index (χ4v) is 3.58. The Morgan fingerprint density at radius 2 is 2.34 bits per heavy atom. The summed E-state index contributed by atoms with van der Waals surface area (Å²) in [6, 6.07) is 4.07. The molecule has 4 heterocycles. The quantitative estimate of drug-likeness (QED) is 0.314. The second-order valence-electron chi connectivity index (χ2n) is 6.95. The molecule has 0 amide bonds. The van der Waals surface area contributed by atoms with Crippen molar-refractivity contribution in [2.75, 3.05) is 32.8 Å². The lowest BCUT2D eigenvalue weighted by molar-refractivity contribution is -0.00803. The summed E-state index contributed by atoms with van der Waals surface area (Å²) in [6.07, 6.45) is 8.63. The van der Waals surface area contributed by atoms with Gasteiger partial charge in [0.15, 0.2) is 5.96 Å². The molecule has 3 aromatic heterocycles. The predicted octanol–water partition coefficient (Wildman–Crippen LogP) is 2.50. The van der Waals surface area contributed by atoms with Crippen LogP contribution in [0.4, 0.5) is 0 Å². The Balaban J connectivity index is 0.00000240. The second kappa shape index (κ2) is 10.1. The molecule has 8 nitrogen and oxygen atoms in total. The first-order valence-corrected chi connectivity index (χ1v) is 9.79. The Labute approximate surface area is 187 Å². The highest BCUT2D eigenvalue weighted by Crippen LogP contribution is 2.22. The van der Waals surface area contributed by atoms with E-state index in [4.69, 9.17) is 9.73 Å². The van der Waals surface area contributed by atoms with Gasteiger partial charge in [0, 0.05) is 56.2 Å². The minimum Gasteiger partial charge on any atom is -0.370 e. The number of H-pyrrole nitrogens is 1. The molecule has 29 heavy (non-hydrogen) atoms. The molecule has 156 valence electrons. The lowest BCUT2D eigenvalue weighted by atomic mass is 10.1. The number of guanidine groups is 1. The van der Waals surface area contributed by atoms with Crippen LogP contribution in [0.1, 0.15) is 24.2 Å². The summed E-state index contributed by atoms with van der Waals surface area (Å²) < 4.78 is 7.77. The van der Waals surface area contributed by atoms with Crippen LogP contribution < -0.4 is 5.32 Å². The molecule has 0 aromatic carbocycles. The van der Waals surface area contributed by atoms with E-state index in [9.17, 15) is 0 Å². The van der Waals surface area contributed by atoms with E-state index < -0.39 is 0 Å². The third-order valence-corrected chi connectivity index (χ3v) is 4.98. The average molecular weight is 509 g/mol. The molecule has 0 bridgehead atoms. The second-order valence-corrected chi connectivity index (χ2v) is 6.95. The smallest absolute Gasteiger partial charge is 0.194 e. The molecule has 1 aliphatic rings. The number of aromatic amines is 1. The fourth-order valence-electron chi connectivity index (χ4n) is 3.58. The lowest BCUT2D eigenvalue weighted by Crippen LogP contribution is -2.48. The lowest BCUT2D eigenvalue weighted by Gasteiger charge is -2.34. The van der Waals surface area contributed by atoms with Gasteiger partial charge in [0.1, 0.15) is 11.8 Å². The van der Waals surface area contributed by atoms with E-state index in [1.165, 1.54) is 10.9 Å². The number of aryl methyl sites for hydroxylation is 1. The summed E-state index contributed by atoms with van der Waals surface area (Å²) in [5.74, 6) is 0.942. The molecular formula is C20H28IN7O. The summed E-state index contributed by atoms with van der Waals surface area (Å²) in [5.41, 5.74) is 3.29. The predicted molar refractivity (Wildman–Crippen MR) is 125 cm³/mol. The number of aliphatic imine (C=N–C) groups is 1. The first-order chi connectivity index (χ1) is 13.7. The van der Waals surface area contributed by atoms with Gasteiger partial charge in [-0.3, -0.25) is 9.67 Å². The van der Waals surface area contributed by atoms with E-state index in [1.807, 2.05) is 36.4 Å². The molecule has 1 unspecified atom stereocenters. The van der Waals surface area contributed by atoms with Gasteiger partial charge in [-0.15, -0.1) is 24.0 Å². The molecule has 9 heteroatoms. The van der Waals surface area contributed by atoms with Crippen molar-refractivity contribution >= 4 is 41.0 Å². The van der Waals surface area contributed by atoms with Crippen molar-refractivity contribution in [2.24, 2.45) is 12.0 Å². The van der Waals surface area contributed by atoms with E-state index in [2.05, 4.69) is 38.3 Å². The first kappa shape index (κ1) is 21.6. The standard InChI is InChI=1S/C20H27N7O.HI/c1-3-21-20(23-8-6-15-11-24-19-17(15)5-4-7-22-19)27-9-10-28-18(14-27)16-12-25-26(2)13-16;/h4-5,7,11-13,18H,3,6,8-10,14H2,1-2H3,(H,21,23)(H,22,24);1H. The van der Waals surface area contributed by atoms with Gasteiger partial charge in [-0.2, -0.15) is 5.10 Å². The van der Waals surface area contributed by atoms with Crippen molar-refractivity contribution in [2.45, 2.75) is 19.4 Å². The van der Waals surface area contributed by atoms with Crippen molar-refractivity contribution in [1.82, 2.24) is 30.0 Å². The van der Waals surface area contributed by atoms with Crippen molar-refractivity contribution in [3.63, 3.8) is 0 Å². The van der Waals surface area contributed by atoms with Gasteiger partial charge in [0.25, 0.3) is 0 Å². The minimum absolute atomic E-state index is 0. The van der Waals surface area contributed by atoms with E-state index >= 15 is 0 Å². The average Bonchev–Trinajstić information content (AvgIpc) is 3.34. The van der Waals surface area contributed by atoms with Crippen LogP contribution in [0.2, 0.25) is 0 Å². The summed E-state index contributed by atoms with van der Waals surface area (Å²) in [7, 11) is 1.93. The van der Waals surface area contributed by atoms with E-state index in [0.29, 0.717) is 6.61 Å². The maximum absolute atomic E-state index is 5.96. The molecule has 0 radical (unpaired) electrons. The minimum atomic E-state index is 0. The maximum atomic E-state index is 5.96. The van der Waals surface area contributed by atoms with Crippen LogP contribution in [0.5, 0.6) is 0 Å². The van der Waals surface area contributed by atoms with Crippen molar-refractivity contribution < 1.29 is 4.74 Å². The van der Waals surface area contributed by atoms with E-state index in [0.717, 1.165) is 49.8 Å². The number of pyridine rings is 1. The Kier molecular flexibility index (Phi) is 7.48. The monoisotopic (exact) mass is 509 g/mol. The number of fused-ring (bicyclic) bond motifs is 1. The van der Waals surface area contributed by atoms with Crippen LogP contribution >= 0.6 is 24.0 Å². The molecule has 4 rings (SSSR count). The Bertz CT molecular complexity index is 951. The van der Waals surface area contributed by atoms with Crippen molar-refractivity contribution in [3.05, 3.63) is 48.0 Å². The van der Waals surface area contributed by atoms with Gasteiger partial charge in [-0.05, 0) is 31.0 Å². The number of hydrogen-bond donors (Lipinski definition) is 2.